The van der Waals surface area contributed by atoms with Crippen LogP contribution in [0.25, 0.3) is 55.3 Å². The fourth-order valence-electron chi connectivity index (χ4n) is 12.4. The Morgan fingerprint density at radius 3 is 1.71 bits per heavy atom. The predicted molar refractivity (Wildman–Crippen MR) is 173 cm³/mol. The van der Waals surface area contributed by atoms with E-state index in [4.69, 9.17) is 0 Å². The highest BCUT2D eigenvalue weighted by atomic mass is 14.7. The zero-order valence-electron chi connectivity index (χ0n) is 24.1. The largest absolute Gasteiger partial charge is 0.0616 e. The van der Waals surface area contributed by atoms with E-state index in [1.54, 1.807) is 24.8 Å². The van der Waals surface area contributed by atoms with Crippen LogP contribution in [0.4, 0.5) is 0 Å². The highest BCUT2D eigenvalue weighted by Crippen LogP contribution is 2.76. The van der Waals surface area contributed by atoms with E-state index in [9.17, 15) is 0 Å². The average molecular weight is 541 g/mol. The molecule has 0 heteroatoms. The maximum absolute atomic E-state index is 2.56. The third-order valence-corrected chi connectivity index (χ3v) is 13.6. The Labute approximate surface area is 248 Å². The van der Waals surface area contributed by atoms with Gasteiger partial charge in [-0.25, -0.2) is 0 Å². The molecule has 0 N–H and O–H groups in total. The van der Waals surface area contributed by atoms with E-state index >= 15 is 0 Å². The van der Waals surface area contributed by atoms with E-state index in [0.717, 1.165) is 41.4 Å². The van der Waals surface area contributed by atoms with Crippen molar-refractivity contribution in [1.29, 1.82) is 0 Å². The summed E-state index contributed by atoms with van der Waals surface area (Å²) in [5, 5.41) is 2.76. The lowest BCUT2D eigenvalue weighted by Gasteiger charge is -2.74. The van der Waals surface area contributed by atoms with Gasteiger partial charge in [0.15, 0.2) is 0 Å². The second-order valence-corrected chi connectivity index (χ2v) is 14.9. The summed E-state index contributed by atoms with van der Waals surface area (Å²) in [6.45, 7) is 0. The molecule has 0 spiro atoms. The summed E-state index contributed by atoms with van der Waals surface area (Å²) in [5.74, 6) is 7.18. The first-order valence-corrected chi connectivity index (χ1v) is 16.6. The van der Waals surface area contributed by atoms with Gasteiger partial charge < -0.3 is 0 Å². The second-order valence-electron chi connectivity index (χ2n) is 14.9. The highest BCUT2D eigenvalue weighted by Gasteiger charge is 2.70. The fourth-order valence-corrected chi connectivity index (χ4v) is 12.4. The van der Waals surface area contributed by atoms with E-state index in [1.807, 2.05) is 0 Å². The molecule has 8 aliphatic rings. The summed E-state index contributed by atoms with van der Waals surface area (Å²) in [7, 11) is 0. The molecule has 0 nitrogen and oxygen atoms in total. The monoisotopic (exact) mass is 540 g/mol. The molecule has 0 amide bonds. The summed E-state index contributed by atoms with van der Waals surface area (Å²) >= 11 is 0. The molecule has 42 heavy (non-hydrogen) atoms. The van der Waals surface area contributed by atoms with Crippen molar-refractivity contribution in [1.82, 2.24) is 0 Å². The Hall–Kier alpha value is -3.64. The molecule has 4 atom stereocenters. The SMILES string of the molecule is c1ccc2c(c1)-c1cccc3c(-c4ccc(-c5ccc(C67CC8CC9C%10CC(CC96)CC7C%10C8)cc5)cc4)ccc-2c13. The molecular formula is C42H36. The number of fused-ring (bicyclic) bond motifs is 3. The lowest BCUT2D eigenvalue weighted by molar-refractivity contribution is -0.220. The number of hydrogen-bond donors (Lipinski definition) is 0. The van der Waals surface area contributed by atoms with Crippen LogP contribution in [-0.4, -0.2) is 0 Å². The van der Waals surface area contributed by atoms with Gasteiger partial charge in [0.05, 0.1) is 0 Å². The summed E-state index contributed by atoms with van der Waals surface area (Å²) in [6.07, 6.45) is 9.25. The van der Waals surface area contributed by atoms with Crippen LogP contribution in [0.3, 0.4) is 0 Å². The van der Waals surface area contributed by atoms with Crippen LogP contribution >= 0.6 is 0 Å². The molecule has 0 aliphatic heterocycles. The summed E-state index contributed by atoms with van der Waals surface area (Å²) in [6, 6.07) is 39.7. The Kier molecular flexibility index (Phi) is 4.27. The molecule has 8 aliphatic carbocycles. The van der Waals surface area contributed by atoms with Gasteiger partial charge in [-0.2, -0.15) is 0 Å². The van der Waals surface area contributed by atoms with Crippen molar-refractivity contribution in [2.24, 2.45) is 41.4 Å². The van der Waals surface area contributed by atoms with Crippen LogP contribution in [0.2, 0.25) is 0 Å². The minimum absolute atomic E-state index is 0.502. The van der Waals surface area contributed by atoms with Crippen molar-refractivity contribution in [2.75, 3.05) is 0 Å². The van der Waals surface area contributed by atoms with Crippen molar-refractivity contribution in [3.8, 4) is 44.5 Å². The Morgan fingerprint density at radius 1 is 0.429 bits per heavy atom. The van der Waals surface area contributed by atoms with Gasteiger partial charge in [0.1, 0.15) is 0 Å². The standard InChI is InChI=1S/C42H36/c1-2-5-32-31(4-1)34-7-3-6-33-30(16-17-35(32)41(33)34)28-10-8-26(9-11-28)27-12-14-29(15-13-27)42-23-25-19-37-36-18-24(21-39(37)42)22-40(42)38(36)20-25/h1-17,24-25,36-40H,18-23H2. The zero-order chi connectivity index (χ0) is 27.2. The van der Waals surface area contributed by atoms with Gasteiger partial charge in [0.25, 0.3) is 0 Å². The van der Waals surface area contributed by atoms with Gasteiger partial charge >= 0.3 is 0 Å². The van der Waals surface area contributed by atoms with Gasteiger partial charge in [0, 0.05) is 5.41 Å². The predicted octanol–water partition coefficient (Wildman–Crippen LogP) is 10.8. The van der Waals surface area contributed by atoms with E-state index in [-0.39, 0.29) is 0 Å². The number of hydrogen-bond acceptors (Lipinski definition) is 0. The molecule has 5 aromatic carbocycles. The lowest BCUT2D eigenvalue weighted by atomic mass is 9.30. The molecule has 4 unspecified atom stereocenters. The molecule has 13 rings (SSSR count). The van der Waals surface area contributed by atoms with Crippen LogP contribution < -0.4 is 0 Å². The first-order chi connectivity index (χ1) is 20.8. The smallest absolute Gasteiger partial charge is 0.00178 e. The first kappa shape index (κ1) is 22.9. The Bertz CT molecular complexity index is 1870. The number of benzene rings is 5. The summed E-state index contributed by atoms with van der Waals surface area (Å²) in [4.78, 5) is 0. The molecular weight excluding hydrogens is 504 g/mol. The zero-order valence-corrected chi connectivity index (χ0v) is 24.1. The quantitative estimate of drug-likeness (QED) is 0.209. The minimum Gasteiger partial charge on any atom is -0.0616 e. The molecule has 0 aromatic heterocycles. The first-order valence-electron chi connectivity index (χ1n) is 16.6. The second kappa shape index (κ2) is 7.84. The van der Waals surface area contributed by atoms with Gasteiger partial charge in [-0.1, -0.05) is 103 Å². The van der Waals surface area contributed by atoms with Gasteiger partial charge in [-0.3, -0.25) is 0 Å². The third-order valence-electron chi connectivity index (χ3n) is 13.6. The van der Waals surface area contributed by atoms with Crippen LogP contribution in [0, 0.1) is 41.4 Å². The molecule has 0 saturated heterocycles. The van der Waals surface area contributed by atoms with Crippen molar-refractivity contribution in [3.63, 3.8) is 0 Å². The normalized spacial score (nSPS) is 34.0. The van der Waals surface area contributed by atoms with Crippen LogP contribution in [0.15, 0.2) is 103 Å². The van der Waals surface area contributed by atoms with Crippen LogP contribution in [0.1, 0.15) is 44.1 Å². The number of rotatable bonds is 3. The van der Waals surface area contributed by atoms with E-state index in [2.05, 4.69) is 103 Å². The van der Waals surface area contributed by atoms with Gasteiger partial charge in [-0.15, -0.1) is 0 Å². The van der Waals surface area contributed by atoms with Crippen LogP contribution in [0.5, 0.6) is 0 Å². The maximum atomic E-state index is 2.56. The van der Waals surface area contributed by atoms with Gasteiger partial charge in [0.2, 0.25) is 0 Å². The Balaban J connectivity index is 0.941. The van der Waals surface area contributed by atoms with E-state index < -0.39 is 0 Å². The molecule has 0 radical (unpaired) electrons. The topological polar surface area (TPSA) is 0 Å². The third kappa shape index (κ3) is 2.72. The summed E-state index contributed by atoms with van der Waals surface area (Å²) < 4.78 is 0. The molecule has 8 bridgehead atoms. The van der Waals surface area contributed by atoms with Gasteiger partial charge in [-0.05, 0) is 141 Å². The summed E-state index contributed by atoms with van der Waals surface area (Å²) in [5.41, 5.74) is 13.0. The van der Waals surface area contributed by atoms with Crippen molar-refractivity contribution in [3.05, 3.63) is 109 Å². The Morgan fingerprint density at radius 2 is 1.00 bits per heavy atom. The van der Waals surface area contributed by atoms with Crippen molar-refractivity contribution >= 4 is 10.8 Å². The fraction of sp³-hybridized carbons (Fsp3) is 0.333. The minimum atomic E-state index is 0.502. The van der Waals surface area contributed by atoms with E-state index in [1.165, 1.54) is 74.5 Å². The molecule has 5 aromatic rings. The molecule has 204 valence electrons. The molecule has 0 heterocycles. The van der Waals surface area contributed by atoms with E-state index in [0.29, 0.717) is 5.41 Å². The average Bonchev–Trinajstić information content (AvgIpc) is 3.38. The maximum Gasteiger partial charge on any atom is 0.00178 e. The lowest BCUT2D eigenvalue weighted by Crippen LogP contribution is -2.69. The van der Waals surface area contributed by atoms with Crippen LogP contribution in [-0.2, 0) is 5.41 Å². The molecule has 7 fully saturated rings. The van der Waals surface area contributed by atoms with Crippen molar-refractivity contribution in [2.45, 2.75) is 43.9 Å². The highest BCUT2D eigenvalue weighted by molar-refractivity contribution is 6.18. The molecule has 7 saturated carbocycles. The van der Waals surface area contributed by atoms with Crippen molar-refractivity contribution < 1.29 is 0 Å².